The minimum atomic E-state index is -0.680. The second-order valence-electron chi connectivity index (χ2n) is 5.12. The highest BCUT2D eigenvalue weighted by Gasteiger charge is 2.23. The molecule has 0 radical (unpaired) electrons. The molecule has 1 saturated heterocycles. The van der Waals surface area contributed by atoms with Gasteiger partial charge in [-0.3, -0.25) is 4.79 Å². The molecule has 0 saturated carbocycles. The Labute approximate surface area is 92.5 Å². The van der Waals surface area contributed by atoms with Crippen molar-refractivity contribution in [1.82, 2.24) is 4.90 Å². The molecule has 1 atom stereocenters. The second kappa shape index (κ2) is 5.50. The van der Waals surface area contributed by atoms with E-state index in [1.165, 1.54) is 12.8 Å². The molecule has 0 spiro atoms. The summed E-state index contributed by atoms with van der Waals surface area (Å²) in [5, 5.41) is 8.83. The molecule has 3 nitrogen and oxygen atoms in total. The van der Waals surface area contributed by atoms with Gasteiger partial charge in [0.05, 0.1) is 5.92 Å². The topological polar surface area (TPSA) is 40.5 Å². The van der Waals surface area contributed by atoms with E-state index in [4.69, 9.17) is 5.11 Å². The van der Waals surface area contributed by atoms with Gasteiger partial charge in [-0.05, 0) is 37.8 Å². The minimum Gasteiger partial charge on any atom is -0.481 e. The third-order valence-corrected chi connectivity index (χ3v) is 3.53. The summed E-state index contributed by atoms with van der Waals surface area (Å²) in [6.07, 6.45) is 2.45. The molecular formula is C12H23NO2. The van der Waals surface area contributed by atoms with Crippen molar-refractivity contribution in [3.63, 3.8) is 0 Å². The largest absolute Gasteiger partial charge is 0.481 e. The Morgan fingerprint density at radius 2 is 1.87 bits per heavy atom. The molecular weight excluding hydrogens is 190 g/mol. The summed E-state index contributed by atoms with van der Waals surface area (Å²) in [6, 6.07) is 0. The summed E-state index contributed by atoms with van der Waals surface area (Å²) < 4.78 is 0. The number of rotatable bonds is 4. The summed E-state index contributed by atoms with van der Waals surface area (Å²) in [4.78, 5) is 13.0. The number of carboxylic acid groups (broad SMARTS) is 1. The van der Waals surface area contributed by atoms with E-state index in [0.717, 1.165) is 24.9 Å². The van der Waals surface area contributed by atoms with Crippen molar-refractivity contribution >= 4 is 5.97 Å². The highest BCUT2D eigenvalue weighted by molar-refractivity contribution is 5.69. The lowest BCUT2D eigenvalue weighted by Crippen LogP contribution is -2.39. The summed E-state index contributed by atoms with van der Waals surface area (Å²) in [5.74, 6) is 0.687. The Balaban J connectivity index is 2.28. The summed E-state index contributed by atoms with van der Waals surface area (Å²) >= 11 is 0. The van der Waals surface area contributed by atoms with Gasteiger partial charge in [-0.15, -0.1) is 0 Å². The number of likely N-dealkylation sites (tertiary alicyclic amines) is 1. The molecule has 0 aromatic heterocycles. The van der Waals surface area contributed by atoms with Crippen LogP contribution in [0.4, 0.5) is 0 Å². The zero-order valence-corrected chi connectivity index (χ0v) is 10.1. The molecule has 1 unspecified atom stereocenters. The van der Waals surface area contributed by atoms with Crippen molar-refractivity contribution in [3.05, 3.63) is 0 Å². The lowest BCUT2D eigenvalue weighted by atomic mass is 9.86. The Kier molecular flexibility index (Phi) is 4.58. The van der Waals surface area contributed by atoms with Crippen LogP contribution in [0, 0.1) is 17.8 Å². The van der Waals surface area contributed by atoms with E-state index < -0.39 is 5.97 Å². The number of hydrogen-bond donors (Lipinski definition) is 1. The lowest BCUT2D eigenvalue weighted by molar-refractivity contribution is -0.141. The number of carboxylic acids is 1. The average molecular weight is 213 g/mol. The van der Waals surface area contributed by atoms with Gasteiger partial charge in [0, 0.05) is 6.54 Å². The summed E-state index contributed by atoms with van der Waals surface area (Å²) in [7, 11) is 0. The highest BCUT2D eigenvalue weighted by atomic mass is 16.4. The van der Waals surface area contributed by atoms with E-state index in [1.54, 1.807) is 6.92 Å². The molecule has 0 aromatic carbocycles. The first-order chi connectivity index (χ1) is 7.00. The van der Waals surface area contributed by atoms with E-state index in [0.29, 0.717) is 6.54 Å². The predicted octanol–water partition coefficient (Wildman–Crippen LogP) is 2.08. The van der Waals surface area contributed by atoms with Crippen molar-refractivity contribution in [2.24, 2.45) is 17.8 Å². The zero-order chi connectivity index (χ0) is 11.4. The maximum atomic E-state index is 10.7. The average Bonchev–Trinajstić information content (AvgIpc) is 2.18. The van der Waals surface area contributed by atoms with Gasteiger partial charge in [0.15, 0.2) is 0 Å². The van der Waals surface area contributed by atoms with Crippen molar-refractivity contribution in [1.29, 1.82) is 0 Å². The molecule has 0 aliphatic carbocycles. The van der Waals surface area contributed by atoms with Gasteiger partial charge in [-0.1, -0.05) is 20.8 Å². The smallest absolute Gasteiger partial charge is 0.307 e. The van der Waals surface area contributed by atoms with Gasteiger partial charge >= 0.3 is 5.97 Å². The van der Waals surface area contributed by atoms with Crippen molar-refractivity contribution in [2.45, 2.75) is 33.6 Å². The fraction of sp³-hybridized carbons (Fsp3) is 0.917. The molecule has 1 fully saturated rings. The van der Waals surface area contributed by atoms with Gasteiger partial charge in [-0.25, -0.2) is 0 Å². The molecule has 0 aromatic rings. The lowest BCUT2D eigenvalue weighted by Gasteiger charge is -2.34. The van der Waals surface area contributed by atoms with Gasteiger partial charge in [0.2, 0.25) is 0 Å². The van der Waals surface area contributed by atoms with Crippen LogP contribution in [-0.4, -0.2) is 35.6 Å². The fourth-order valence-electron chi connectivity index (χ4n) is 2.27. The number of aliphatic carboxylic acids is 1. The van der Waals surface area contributed by atoms with E-state index in [-0.39, 0.29) is 5.92 Å². The van der Waals surface area contributed by atoms with Crippen LogP contribution in [0.5, 0.6) is 0 Å². The molecule has 3 heteroatoms. The zero-order valence-electron chi connectivity index (χ0n) is 10.1. The maximum absolute atomic E-state index is 10.7. The normalized spacial score (nSPS) is 21.9. The van der Waals surface area contributed by atoms with Crippen LogP contribution in [0.15, 0.2) is 0 Å². The van der Waals surface area contributed by atoms with Crippen LogP contribution in [-0.2, 0) is 4.79 Å². The molecule has 1 heterocycles. The molecule has 88 valence electrons. The predicted molar refractivity (Wildman–Crippen MR) is 60.8 cm³/mol. The third kappa shape index (κ3) is 3.82. The molecule has 15 heavy (non-hydrogen) atoms. The number of hydrogen-bond acceptors (Lipinski definition) is 2. The van der Waals surface area contributed by atoms with E-state index in [1.807, 2.05) is 0 Å². The van der Waals surface area contributed by atoms with Crippen LogP contribution in [0.2, 0.25) is 0 Å². The van der Waals surface area contributed by atoms with Crippen molar-refractivity contribution < 1.29 is 9.90 Å². The summed E-state index contributed by atoms with van der Waals surface area (Å²) in [5.41, 5.74) is 0. The van der Waals surface area contributed by atoms with E-state index in [2.05, 4.69) is 18.7 Å². The number of nitrogens with zero attached hydrogens (tertiary/aromatic N) is 1. The van der Waals surface area contributed by atoms with E-state index in [9.17, 15) is 4.79 Å². The second-order valence-corrected chi connectivity index (χ2v) is 5.12. The Morgan fingerprint density at radius 1 is 1.33 bits per heavy atom. The monoisotopic (exact) mass is 213 g/mol. The van der Waals surface area contributed by atoms with Gasteiger partial charge in [-0.2, -0.15) is 0 Å². The van der Waals surface area contributed by atoms with Crippen LogP contribution < -0.4 is 0 Å². The quantitative estimate of drug-likeness (QED) is 0.777. The van der Waals surface area contributed by atoms with Gasteiger partial charge in [0.1, 0.15) is 0 Å². The fourth-order valence-corrected chi connectivity index (χ4v) is 2.27. The first kappa shape index (κ1) is 12.5. The Bertz CT molecular complexity index is 208. The number of piperidine rings is 1. The molecule has 1 aliphatic rings. The van der Waals surface area contributed by atoms with Gasteiger partial charge < -0.3 is 10.0 Å². The van der Waals surface area contributed by atoms with Crippen molar-refractivity contribution in [2.75, 3.05) is 19.6 Å². The molecule has 1 rings (SSSR count). The first-order valence-electron chi connectivity index (χ1n) is 5.96. The SMILES string of the molecule is CC(CN1CCC(C(C)C)CC1)C(=O)O. The molecule has 1 aliphatic heterocycles. The maximum Gasteiger partial charge on any atom is 0.307 e. The standard InChI is InChI=1S/C12H23NO2/c1-9(2)11-4-6-13(7-5-11)8-10(3)12(14)15/h9-11H,4-8H2,1-3H3,(H,14,15). The van der Waals surface area contributed by atoms with Crippen LogP contribution >= 0.6 is 0 Å². The van der Waals surface area contributed by atoms with Gasteiger partial charge in [0.25, 0.3) is 0 Å². The summed E-state index contributed by atoms with van der Waals surface area (Å²) in [6.45, 7) is 9.19. The molecule has 0 bridgehead atoms. The third-order valence-electron chi connectivity index (χ3n) is 3.53. The van der Waals surface area contributed by atoms with Crippen LogP contribution in [0.3, 0.4) is 0 Å². The molecule has 0 amide bonds. The number of carbonyl (C=O) groups is 1. The minimum absolute atomic E-state index is 0.236. The highest BCUT2D eigenvalue weighted by Crippen LogP contribution is 2.24. The Hall–Kier alpha value is -0.570. The van der Waals surface area contributed by atoms with Crippen LogP contribution in [0.1, 0.15) is 33.6 Å². The first-order valence-corrected chi connectivity index (χ1v) is 5.96. The molecule has 1 N–H and O–H groups in total. The Morgan fingerprint density at radius 3 is 2.27 bits per heavy atom. The van der Waals surface area contributed by atoms with Crippen LogP contribution in [0.25, 0.3) is 0 Å². The van der Waals surface area contributed by atoms with Crippen molar-refractivity contribution in [3.8, 4) is 0 Å². The van der Waals surface area contributed by atoms with E-state index >= 15 is 0 Å².